The van der Waals surface area contributed by atoms with Gasteiger partial charge in [0.1, 0.15) is 0 Å². The van der Waals surface area contributed by atoms with Crippen molar-refractivity contribution in [2.75, 3.05) is 26.7 Å². The van der Waals surface area contributed by atoms with Gasteiger partial charge in [-0.25, -0.2) is 4.79 Å². The van der Waals surface area contributed by atoms with Gasteiger partial charge in [0.15, 0.2) is 0 Å². The van der Waals surface area contributed by atoms with E-state index in [2.05, 4.69) is 17.1 Å². The molecule has 0 spiro atoms. The molecular weight excluding hydrogens is 240 g/mol. The van der Waals surface area contributed by atoms with Crippen molar-refractivity contribution >= 4 is 5.97 Å². The minimum atomic E-state index is -0.252. The summed E-state index contributed by atoms with van der Waals surface area (Å²) in [6, 6.07) is 8.25. The van der Waals surface area contributed by atoms with Crippen molar-refractivity contribution in [3.8, 4) is 0 Å². The molecule has 1 fully saturated rings. The van der Waals surface area contributed by atoms with E-state index >= 15 is 0 Å². The Bertz CT molecular complexity index is 434. The second-order valence-electron chi connectivity index (χ2n) is 4.94. The number of esters is 1. The third kappa shape index (κ3) is 3.55. The van der Waals surface area contributed by atoms with Crippen molar-refractivity contribution in [1.29, 1.82) is 0 Å². The zero-order valence-corrected chi connectivity index (χ0v) is 11.7. The van der Waals surface area contributed by atoms with E-state index in [-0.39, 0.29) is 5.97 Å². The third-order valence-electron chi connectivity index (χ3n) is 3.65. The number of carbonyl (C=O) groups is 1. The zero-order valence-electron chi connectivity index (χ0n) is 11.7. The van der Waals surface area contributed by atoms with Gasteiger partial charge in [0.25, 0.3) is 0 Å². The topological polar surface area (TPSA) is 41.6 Å². The highest BCUT2D eigenvalue weighted by Crippen LogP contribution is 2.14. The summed E-state index contributed by atoms with van der Waals surface area (Å²) in [4.78, 5) is 14.1. The number of nitrogens with zero attached hydrogens (tertiary/aromatic N) is 1. The van der Waals surface area contributed by atoms with Crippen molar-refractivity contribution in [3.05, 3.63) is 35.4 Å². The van der Waals surface area contributed by atoms with Crippen LogP contribution in [0.5, 0.6) is 0 Å². The van der Waals surface area contributed by atoms with E-state index in [1.165, 1.54) is 7.11 Å². The van der Waals surface area contributed by atoms with Crippen LogP contribution < -0.4 is 5.32 Å². The molecule has 1 aromatic rings. The summed E-state index contributed by atoms with van der Waals surface area (Å²) < 4.78 is 4.84. The average Bonchev–Trinajstić information content (AvgIpc) is 2.47. The van der Waals surface area contributed by atoms with E-state index in [0.717, 1.165) is 38.2 Å². The summed E-state index contributed by atoms with van der Waals surface area (Å²) in [6.07, 6.45) is 1.13. The Morgan fingerprint density at radius 1 is 1.47 bits per heavy atom. The molecule has 4 heteroatoms. The molecular formula is C15H22N2O2. The van der Waals surface area contributed by atoms with Crippen LogP contribution in [0.1, 0.15) is 29.3 Å². The van der Waals surface area contributed by atoms with Crippen molar-refractivity contribution in [1.82, 2.24) is 10.2 Å². The van der Waals surface area contributed by atoms with E-state index in [1.54, 1.807) is 0 Å². The predicted octanol–water partition coefficient (Wildman–Crippen LogP) is 1.66. The maximum atomic E-state index is 11.7. The normalized spacial score (nSPS) is 20.2. The molecule has 0 saturated carbocycles. The average molecular weight is 262 g/mol. The van der Waals surface area contributed by atoms with E-state index in [1.807, 2.05) is 24.3 Å². The molecule has 1 aliphatic rings. The molecule has 0 amide bonds. The molecule has 1 unspecified atom stereocenters. The fourth-order valence-electron chi connectivity index (χ4n) is 2.52. The number of ether oxygens (including phenoxy) is 1. The van der Waals surface area contributed by atoms with Crippen molar-refractivity contribution in [3.63, 3.8) is 0 Å². The van der Waals surface area contributed by atoms with Crippen LogP contribution in [0.25, 0.3) is 0 Å². The number of methoxy groups -OCH3 is 1. The predicted molar refractivity (Wildman–Crippen MR) is 75.1 cm³/mol. The number of carbonyl (C=O) groups excluding carboxylic acids is 1. The number of benzene rings is 1. The summed E-state index contributed by atoms with van der Waals surface area (Å²) in [6.45, 7) is 6.07. The highest BCUT2D eigenvalue weighted by molar-refractivity contribution is 5.90. The quantitative estimate of drug-likeness (QED) is 0.838. The second-order valence-corrected chi connectivity index (χ2v) is 4.94. The summed E-state index contributed by atoms with van der Waals surface area (Å²) in [5, 5.41) is 3.50. The van der Waals surface area contributed by atoms with Gasteiger partial charge in [-0.3, -0.25) is 4.90 Å². The van der Waals surface area contributed by atoms with E-state index in [0.29, 0.717) is 11.6 Å². The minimum Gasteiger partial charge on any atom is -0.465 e. The van der Waals surface area contributed by atoms with Crippen molar-refractivity contribution in [2.24, 2.45) is 0 Å². The van der Waals surface area contributed by atoms with E-state index in [4.69, 9.17) is 4.74 Å². The molecule has 0 aromatic heterocycles. The van der Waals surface area contributed by atoms with Gasteiger partial charge >= 0.3 is 5.97 Å². The van der Waals surface area contributed by atoms with Crippen LogP contribution in [0.15, 0.2) is 24.3 Å². The number of hydrogen-bond acceptors (Lipinski definition) is 4. The van der Waals surface area contributed by atoms with E-state index < -0.39 is 0 Å². The fourth-order valence-corrected chi connectivity index (χ4v) is 2.52. The van der Waals surface area contributed by atoms with Gasteiger partial charge in [0, 0.05) is 32.2 Å². The Labute approximate surface area is 114 Å². The molecule has 0 aliphatic carbocycles. The van der Waals surface area contributed by atoms with Gasteiger partial charge in [0.2, 0.25) is 0 Å². The Morgan fingerprint density at radius 3 is 3.00 bits per heavy atom. The SMILES string of the molecule is CCC1CN(Cc2ccccc2C(=O)OC)CCN1. The number of rotatable bonds is 4. The highest BCUT2D eigenvalue weighted by atomic mass is 16.5. The first-order chi connectivity index (χ1) is 9.24. The first kappa shape index (κ1) is 14.0. The van der Waals surface area contributed by atoms with Gasteiger partial charge < -0.3 is 10.1 Å². The molecule has 1 heterocycles. The van der Waals surface area contributed by atoms with Crippen LogP contribution in [0.3, 0.4) is 0 Å². The second kappa shape index (κ2) is 6.68. The lowest BCUT2D eigenvalue weighted by Gasteiger charge is -2.33. The molecule has 0 radical (unpaired) electrons. The smallest absolute Gasteiger partial charge is 0.338 e. The van der Waals surface area contributed by atoms with Crippen LogP contribution in [0.4, 0.5) is 0 Å². The first-order valence-electron chi connectivity index (χ1n) is 6.86. The van der Waals surface area contributed by atoms with Crippen LogP contribution in [-0.2, 0) is 11.3 Å². The van der Waals surface area contributed by atoms with Crippen LogP contribution in [0.2, 0.25) is 0 Å². The number of hydrogen-bond donors (Lipinski definition) is 1. The lowest BCUT2D eigenvalue weighted by molar-refractivity contribution is 0.0598. The van der Waals surface area contributed by atoms with Gasteiger partial charge in [-0.05, 0) is 18.1 Å². The lowest BCUT2D eigenvalue weighted by atomic mass is 10.1. The van der Waals surface area contributed by atoms with Gasteiger partial charge in [-0.1, -0.05) is 25.1 Å². The van der Waals surface area contributed by atoms with Crippen LogP contribution >= 0.6 is 0 Å². The molecule has 0 bridgehead atoms. The molecule has 1 aromatic carbocycles. The summed E-state index contributed by atoms with van der Waals surface area (Å²) in [5.74, 6) is -0.252. The molecule has 4 nitrogen and oxygen atoms in total. The molecule has 2 rings (SSSR count). The van der Waals surface area contributed by atoms with Gasteiger partial charge in [-0.15, -0.1) is 0 Å². The standard InChI is InChI=1S/C15H22N2O2/c1-3-13-11-17(9-8-16-13)10-12-6-4-5-7-14(12)15(18)19-2/h4-7,13,16H,3,8-11H2,1-2H3. The highest BCUT2D eigenvalue weighted by Gasteiger charge is 2.19. The Morgan fingerprint density at radius 2 is 2.26 bits per heavy atom. The summed E-state index contributed by atoms with van der Waals surface area (Å²) in [7, 11) is 1.43. The fraction of sp³-hybridized carbons (Fsp3) is 0.533. The number of piperazine rings is 1. The maximum Gasteiger partial charge on any atom is 0.338 e. The molecule has 1 N–H and O–H groups in total. The largest absolute Gasteiger partial charge is 0.465 e. The van der Waals surface area contributed by atoms with Crippen molar-refractivity contribution in [2.45, 2.75) is 25.9 Å². The Kier molecular flexibility index (Phi) is 4.93. The Hall–Kier alpha value is -1.39. The third-order valence-corrected chi connectivity index (χ3v) is 3.65. The maximum absolute atomic E-state index is 11.7. The molecule has 1 atom stereocenters. The van der Waals surface area contributed by atoms with Gasteiger partial charge in [0.05, 0.1) is 12.7 Å². The molecule has 1 aliphatic heterocycles. The van der Waals surface area contributed by atoms with Crippen LogP contribution in [-0.4, -0.2) is 43.7 Å². The number of nitrogens with one attached hydrogen (secondary N) is 1. The zero-order chi connectivity index (χ0) is 13.7. The lowest BCUT2D eigenvalue weighted by Crippen LogP contribution is -2.49. The minimum absolute atomic E-state index is 0.252. The monoisotopic (exact) mass is 262 g/mol. The van der Waals surface area contributed by atoms with Crippen molar-refractivity contribution < 1.29 is 9.53 Å². The summed E-state index contributed by atoms with van der Waals surface area (Å²) in [5.41, 5.74) is 1.72. The summed E-state index contributed by atoms with van der Waals surface area (Å²) >= 11 is 0. The van der Waals surface area contributed by atoms with Crippen LogP contribution in [0, 0.1) is 0 Å². The molecule has 104 valence electrons. The Balaban J connectivity index is 2.08. The molecule has 19 heavy (non-hydrogen) atoms. The first-order valence-corrected chi connectivity index (χ1v) is 6.86. The molecule has 1 saturated heterocycles. The van der Waals surface area contributed by atoms with E-state index in [9.17, 15) is 4.79 Å². The van der Waals surface area contributed by atoms with Gasteiger partial charge in [-0.2, -0.15) is 0 Å².